The van der Waals surface area contributed by atoms with Crippen LogP contribution in [0.25, 0.3) is 0 Å². The topological polar surface area (TPSA) is 79.8 Å². The molecule has 0 amide bonds. The smallest absolute Gasteiger partial charge is 0.191 e. The van der Waals surface area contributed by atoms with Crippen molar-refractivity contribution in [3.63, 3.8) is 0 Å². The van der Waals surface area contributed by atoms with E-state index in [2.05, 4.69) is 52.0 Å². The average Bonchev–Trinajstić information content (AvgIpc) is 2.72. The number of ether oxygens (including phenoxy) is 1. The average molecular weight is 432 g/mol. The van der Waals surface area contributed by atoms with Gasteiger partial charge in [-0.15, -0.1) is 0 Å². The Bertz CT molecular complexity index is 882. The normalized spacial score (nSPS) is 13.1. The number of aliphatic imine (C=N–C) groups is 1. The summed E-state index contributed by atoms with van der Waals surface area (Å²) in [6, 6.07) is 18.4. The number of guanidine groups is 1. The zero-order valence-electron chi connectivity index (χ0n) is 18.1. The van der Waals surface area contributed by atoms with Gasteiger partial charge in [0.15, 0.2) is 5.96 Å². The van der Waals surface area contributed by atoms with Crippen molar-refractivity contribution in [2.24, 2.45) is 4.99 Å². The van der Waals surface area contributed by atoms with E-state index in [9.17, 15) is 8.42 Å². The van der Waals surface area contributed by atoms with E-state index < -0.39 is 9.84 Å². The van der Waals surface area contributed by atoms with Crippen molar-refractivity contribution in [2.45, 2.75) is 46.1 Å². The molecule has 6 nitrogen and oxygen atoms in total. The molecular weight excluding hydrogens is 398 g/mol. The molecule has 0 saturated carbocycles. The number of benzene rings is 2. The van der Waals surface area contributed by atoms with Crippen LogP contribution in [0.5, 0.6) is 0 Å². The Morgan fingerprint density at radius 1 is 1.00 bits per heavy atom. The fraction of sp³-hybridized carbons (Fsp3) is 0.435. The first-order chi connectivity index (χ1) is 14.4. The van der Waals surface area contributed by atoms with Gasteiger partial charge in [0.05, 0.1) is 25.5 Å². The summed E-state index contributed by atoms with van der Waals surface area (Å²) < 4.78 is 28.5. The van der Waals surface area contributed by atoms with Crippen molar-refractivity contribution in [3.05, 3.63) is 71.3 Å². The van der Waals surface area contributed by atoms with Crippen molar-refractivity contribution in [1.82, 2.24) is 10.6 Å². The molecule has 0 spiro atoms. The quantitative estimate of drug-likeness (QED) is 0.422. The summed E-state index contributed by atoms with van der Waals surface area (Å²) in [5.41, 5.74) is 3.39. The minimum absolute atomic E-state index is 0.0154. The molecule has 1 unspecified atom stereocenters. The second-order valence-electron chi connectivity index (χ2n) is 7.45. The number of hydrogen-bond acceptors (Lipinski definition) is 4. The van der Waals surface area contributed by atoms with Gasteiger partial charge >= 0.3 is 0 Å². The van der Waals surface area contributed by atoms with Gasteiger partial charge in [-0.1, -0.05) is 54.6 Å². The molecule has 7 heteroatoms. The summed E-state index contributed by atoms with van der Waals surface area (Å²) in [4.78, 5) is 4.61. The summed E-state index contributed by atoms with van der Waals surface area (Å²) in [7, 11) is -2.96. The van der Waals surface area contributed by atoms with Crippen LogP contribution in [0, 0.1) is 0 Å². The molecular formula is C23H33N3O3S. The molecule has 0 heterocycles. The summed E-state index contributed by atoms with van der Waals surface area (Å²) in [6.07, 6.45) is 1.80. The van der Waals surface area contributed by atoms with Crippen molar-refractivity contribution in [1.29, 1.82) is 0 Å². The van der Waals surface area contributed by atoms with Crippen LogP contribution >= 0.6 is 0 Å². The lowest BCUT2D eigenvalue weighted by atomic mass is 10.1. The Labute approximate surface area is 180 Å². The number of sulfone groups is 1. The minimum atomic E-state index is -2.96. The first-order valence-electron chi connectivity index (χ1n) is 10.3. The molecule has 30 heavy (non-hydrogen) atoms. The van der Waals surface area contributed by atoms with Crippen LogP contribution in [-0.4, -0.2) is 39.0 Å². The SMILES string of the molecule is CCNC(=NCc1ccc(COCc2ccccc2)cc1)NC(C)CCS(C)(=O)=O. The summed E-state index contributed by atoms with van der Waals surface area (Å²) in [5, 5.41) is 6.48. The molecule has 2 N–H and O–H groups in total. The van der Waals surface area contributed by atoms with Crippen molar-refractivity contribution < 1.29 is 13.2 Å². The standard InChI is InChI=1S/C23H33N3O3S/c1-4-24-23(26-19(2)14-15-30(3,27)28)25-16-20-10-12-22(13-11-20)18-29-17-21-8-6-5-7-9-21/h5-13,19H,4,14-18H2,1-3H3,(H2,24,25,26). The Morgan fingerprint density at radius 2 is 1.60 bits per heavy atom. The van der Waals surface area contributed by atoms with Crippen LogP contribution in [0.3, 0.4) is 0 Å². The van der Waals surface area contributed by atoms with Gasteiger partial charge < -0.3 is 15.4 Å². The van der Waals surface area contributed by atoms with E-state index in [1.807, 2.05) is 32.0 Å². The Balaban J connectivity index is 1.83. The van der Waals surface area contributed by atoms with Crippen LogP contribution in [0.4, 0.5) is 0 Å². The second-order valence-corrected chi connectivity index (χ2v) is 9.71. The predicted octanol–water partition coefficient (Wildman–Crippen LogP) is 3.28. The Kier molecular flexibility index (Phi) is 9.83. The Hall–Kier alpha value is -2.38. The molecule has 0 saturated heterocycles. The minimum Gasteiger partial charge on any atom is -0.372 e. The first kappa shape index (κ1) is 23.9. The molecule has 0 aliphatic heterocycles. The fourth-order valence-electron chi connectivity index (χ4n) is 2.79. The van der Waals surface area contributed by atoms with Crippen molar-refractivity contribution in [2.75, 3.05) is 18.6 Å². The highest BCUT2D eigenvalue weighted by atomic mass is 32.2. The predicted molar refractivity (Wildman–Crippen MR) is 123 cm³/mol. The molecule has 0 fully saturated rings. The maximum Gasteiger partial charge on any atom is 0.191 e. The lowest BCUT2D eigenvalue weighted by Crippen LogP contribution is -2.42. The van der Waals surface area contributed by atoms with E-state index in [1.165, 1.54) is 6.26 Å². The Morgan fingerprint density at radius 3 is 2.20 bits per heavy atom. The summed E-state index contributed by atoms with van der Waals surface area (Å²) in [6.45, 7) is 6.41. The molecule has 0 bridgehead atoms. The molecule has 0 aliphatic rings. The molecule has 2 aromatic carbocycles. The van der Waals surface area contributed by atoms with Gasteiger partial charge in [-0.25, -0.2) is 13.4 Å². The molecule has 0 aromatic heterocycles. The number of nitrogens with zero attached hydrogens (tertiary/aromatic N) is 1. The van der Waals surface area contributed by atoms with Crippen molar-refractivity contribution >= 4 is 15.8 Å². The van der Waals surface area contributed by atoms with Crippen LogP contribution < -0.4 is 10.6 Å². The molecule has 2 aromatic rings. The first-order valence-corrected chi connectivity index (χ1v) is 12.3. The van der Waals surface area contributed by atoms with Gasteiger partial charge in [-0.3, -0.25) is 0 Å². The molecule has 164 valence electrons. The van der Waals surface area contributed by atoms with E-state index in [4.69, 9.17) is 4.74 Å². The van der Waals surface area contributed by atoms with Crippen molar-refractivity contribution in [3.8, 4) is 0 Å². The molecule has 2 rings (SSSR count). The van der Waals surface area contributed by atoms with E-state index >= 15 is 0 Å². The van der Waals surface area contributed by atoms with Crippen LogP contribution in [-0.2, 0) is 34.3 Å². The maximum absolute atomic E-state index is 11.3. The number of rotatable bonds is 11. The zero-order valence-corrected chi connectivity index (χ0v) is 18.9. The monoisotopic (exact) mass is 431 g/mol. The van der Waals surface area contributed by atoms with Gasteiger partial charge in [0.25, 0.3) is 0 Å². The molecule has 0 radical (unpaired) electrons. The third-order valence-electron chi connectivity index (χ3n) is 4.47. The number of nitrogens with one attached hydrogen (secondary N) is 2. The maximum atomic E-state index is 11.3. The summed E-state index contributed by atoms with van der Waals surface area (Å²) in [5.74, 6) is 0.850. The van der Waals surface area contributed by atoms with Gasteiger partial charge in [0.1, 0.15) is 9.84 Å². The van der Waals surface area contributed by atoms with Gasteiger partial charge in [-0.05, 0) is 37.0 Å². The molecule has 0 aliphatic carbocycles. The highest BCUT2D eigenvalue weighted by Gasteiger charge is 2.09. The zero-order chi connectivity index (χ0) is 21.8. The lowest BCUT2D eigenvalue weighted by molar-refractivity contribution is 0.107. The number of hydrogen-bond donors (Lipinski definition) is 2. The third-order valence-corrected chi connectivity index (χ3v) is 5.45. The fourth-order valence-corrected chi connectivity index (χ4v) is 3.57. The van der Waals surface area contributed by atoms with Gasteiger partial charge in [0, 0.05) is 18.8 Å². The molecule has 1 atom stereocenters. The highest BCUT2D eigenvalue weighted by molar-refractivity contribution is 7.90. The lowest BCUT2D eigenvalue weighted by Gasteiger charge is -2.17. The van der Waals surface area contributed by atoms with Crippen LogP contribution in [0.15, 0.2) is 59.6 Å². The van der Waals surface area contributed by atoms with Gasteiger partial charge in [-0.2, -0.15) is 0 Å². The largest absolute Gasteiger partial charge is 0.372 e. The summed E-state index contributed by atoms with van der Waals surface area (Å²) >= 11 is 0. The second kappa shape index (κ2) is 12.3. The van der Waals surface area contributed by atoms with Gasteiger partial charge in [0.2, 0.25) is 0 Å². The van der Waals surface area contributed by atoms with E-state index in [1.54, 1.807) is 0 Å². The van der Waals surface area contributed by atoms with E-state index in [0.717, 1.165) is 23.2 Å². The van der Waals surface area contributed by atoms with Crippen LogP contribution in [0.2, 0.25) is 0 Å². The van der Waals surface area contributed by atoms with E-state index in [0.29, 0.717) is 32.1 Å². The van der Waals surface area contributed by atoms with Crippen LogP contribution in [0.1, 0.15) is 37.0 Å². The van der Waals surface area contributed by atoms with E-state index in [-0.39, 0.29) is 11.8 Å². The highest BCUT2D eigenvalue weighted by Crippen LogP contribution is 2.09. The third kappa shape index (κ3) is 9.89.